The van der Waals surface area contributed by atoms with E-state index in [-0.39, 0.29) is 5.78 Å². The molecular formula is C18H27NO. The summed E-state index contributed by atoms with van der Waals surface area (Å²) in [6.45, 7) is 6.41. The molecule has 1 aliphatic rings. The second kappa shape index (κ2) is 7.58. The molecule has 0 aliphatic carbocycles. The molecule has 1 aromatic carbocycles. The van der Waals surface area contributed by atoms with Crippen molar-refractivity contribution in [2.75, 3.05) is 13.1 Å². The predicted octanol–water partition coefficient (Wildman–Crippen LogP) is 4.22. The van der Waals surface area contributed by atoms with Crippen molar-refractivity contribution in [1.29, 1.82) is 0 Å². The molecule has 0 bridgehead atoms. The topological polar surface area (TPSA) is 20.3 Å². The van der Waals surface area contributed by atoms with E-state index in [0.29, 0.717) is 12.5 Å². The number of aryl methyl sites for hydroxylation is 1. The fraction of sp³-hybridized carbons (Fsp3) is 0.611. The molecule has 1 aliphatic heterocycles. The van der Waals surface area contributed by atoms with Gasteiger partial charge in [-0.2, -0.15) is 0 Å². The third-order valence-electron chi connectivity index (χ3n) is 4.37. The van der Waals surface area contributed by atoms with E-state index >= 15 is 0 Å². The number of benzene rings is 1. The SMILES string of the molecule is CCCC1CCCCN1CCC(=O)c1ccc(C)cc1. The number of carbonyl (C=O) groups excluding carboxylic acids is 1. The molecule has 0 radical (unpaired) electrons. The van der Waals surface area contributed by atoms with E-state index in [1.54, 1.807) is 0 Å². The van der Waals surface area contributed by atoms with Crippen LogP contribution in [0.1, 0.15) is 61.4 Å². The Kier molecular flexibility index (Phi) is 5.78. The molecule has 1 unspecified atom stereocenters. The van der Waals surface area contributed by atoms with Crippen LogP contribution < -0.4 is 0 Å². The Labute approximate surface area is 123 Å². The Bertz CT molecular complexity index is 422. The molecule has 1 atom stereocenters. The second-order valence-electron chi connectivity index (χ2n) is 6.01. The lowest BCUT2D eigenvalue weighted by Gasteiger charge is -2.35. The minimum atomic E-state index is 0.283. The van der Waals surface area contributed by atoms with Crippen molar-refractivity contribution >= 4 is 5.78 Å². The molecule has 0 N–H and O–H groups in total. The number of hydrogen-bond donors (Lipinski definition) is 0. The average Bonchev–Trinajstić information content (AvgIpc) is 2.47. The van der Waals surface area contributed by atoms with Gasteiger partial charge in [-0.1, -0.05) is 49.6 Å². The number of rotatable bonds is 6. The van der Waals surface area contributed by atoms with E-state index in [1.165, 1.54) is 44.2 Å². The van der Waals surface area contributed by atoms with Crippen LogP contribution in [0, 0.1) is 6.92 Å². The first kappa shape index (κ1) is 15.2. The number of likely N-dealkylation sites (tertiary alicyclic amines) is 1. The highest BCUT2D eigenvalue weighted by Gasteiger charge is 2.21. The summed E-state index contributed by atoms with van der Waals surface area (Å²) in [6, 6.07) is 8.66. The molecule has 1 aromatic rings. The lowest BCUT2D eigenvalue weighted by molar-refractivity contribution is 0.0919. The number of piperidine rings is 1. The predicted molar refractivity (Wildman–Crippen MR) is 84.2 cm³/mol. The molecule has 0 amide bonds. The lowest BCUT2D eigenvalue weighted by atomic mass is 9.97. The maximum Gasteiger partial charge on any atom is 0.164 e. The van der Waals surface area contributed by atoms with Crippen molar-refractivity contribution in [3.05, 3.63) is 35.4 Å². The fourth-order valence-corrected chi connectivity index (χ4v) is 3.14. The number of hydrogen-bond acceptors (Lipinski definition) is 2. The van der Waals surface area contributed by atoms with Crippen molar-refractivity contribution in [2.24, 2.45) is 0 Å². The van der Waals surface area contributed by atoms with Crippen LogP contribution in [0.4, 0.5) is 0 Å². The monoisotopic (exact) mass is 273 g/mol. The summed E-state index contributed by atoms with van der Waals surface area (Å²) in [7, 11) is 0. The van der Waals surface area contributed by atoms with Gasteiger partial charge in [0.25, 0.3) is 0 Å². The zero-order valence-corrected chi connectivity index (χ0v) is 12.9. The summed E-state index contributed by atoms with van der Waals surface area (Å²) in [5.41, 5.74) is 2.07. The van der Waals surface area contributed by atoms with Gasteiger partial charge in [-0.15, -0.1) is 0 Å². The van der Waals surface area contributed by atoms with Gasteiger partial charge in [-0.3, -0.25) is 9.69 Å². The molecule has 0 aromatic heterocycles. The van der Waals surface area contributed by atoms with Crippen LogP contribution in [-0.4, -0.2) is 29.8 Å². The van der Waals surface area contributed by atoms with Crippen LogP contribution in [0.2, 0.25) is 0 Å². The molecule has 20 heavy (non-hydrogen) atoms. The molecule has 0 saturated carbocycles. The van der Waals surface area contributed by atoms with Gasteiger partial charge in [0.1, 0.15) is 0 Å². The van der Waals surface area contributed by atoms with Crippen LogP contribution >= 0.6 is 0 Å². The third-order valence-corrected chi connectivity index (χ3v) is 4.37. The highest BCUT2D eigenvalue weighted by atomic mass is 16.1. The van der Waals surface area contributed by atoms with Gasteiger partial charge < -0.3 is 0 Å². The van der Waals surface area contributed by atoms with Crippen LogP contribution in [0.3, 0.4) is 0 Å². The van der Waals surface area contributed by atoms with E-state index in [0.717, 1.165) is 12.1 Å². The van der Waals surface area contributed by atoms with Gasteiger partial charge >= 0.3 is 0 Å². The van der Waals surface area contributed by atoms with E-state index in [4.69, 9.17) is 0 Å². The molecule has 2 nitrogen and oxygen atoms in total. The zero-order valence-electron chi connectivity index (χ0n) is 12.9. The quantitative estimate of drug-likeness (QED) is 0.723. The molecule has 1 heterocycles. The Hall–Kier alpha value is -1.15. The standard InChI is InChI=1S/C18H27NO/c1-3-6-17-7-4-5-13-19(17)14-12-18(20)16-10-8-15(2)9-11-16/h8-11,17H,3-7,12-14H2,1-2H3. The maximum atomic E-state index is 12.2. The van der Waals surface area contributed by atoms with E-state index < -0.39 is 0 Å². The van der Waals surface area contributed by atoms with Crippen molar-refractivity contribution in [1.82, 2.24) is 4.90 Å². The van der Waals surface area contributed by atoms with E-state index in [2.05, 4.69) is 18.7 Å². The van der Waals surface area contributed by atoms with E-state index in [1.807, 2.05) is 24.3 Å². The first-order chi connectivity index (χ1) is 9.70. The van der Waals surface area contributed by atoms with Crippen molar-refractivity contribution in [3.8, 4) is 0 Å². The van der Waals surface area contributed by atoms with Gasteiger partial charge in [-0.05, 0) is 32.7 Å². The summed E-state index contributed by atoms with van der Waals surface area (Å²) in [4.78, 5) is 14.8. The summed E-state index contributed by atoms with van der Waals surface area (Å²) >= 11 is 0. The normalized spacial score (nSPS) is 20.0. The highest BCUT2D eigenvalue weighted by molar-refractivity contribution is 5.96. The summed E-state index contributed by atoms with van der Waals surface area (Å²) in [5.74, 6) is 0.283. The Morgan fingerprint density at radius 2 is 2.00 bits per heavy atom. The Morgan fingerprint density at radius 1 is 1.25 bits per heavy atom. The van der Waals surface area contributed by atoms with Crippen molar-refractivity contribution < 1.29 is 4.79 Å². The number of carbonyl (C=O) groups is 1. The van der Waals surface area contributed by atoms with Crippen LogP contribution in [0.5, 0.6) is 0 Å². The number of ketones is 1. The summed E-state index contributed by atoms with van der Waals surface area (Å²) in [6.07, 6.45) is 7.13. The zero-order chi connectivity index (χ0) is 14.4. The Balaban J connectivity index is 1.86. The minimum Gasteiger partial charge on any atom is -0.300 e. The molecule has 1 saturated heterocycles. The van der Waals surface area contributed by atoms with Gasteiger partial charge in [-0.25, -0.2) is 0 Å². The molecule has 1 fully saturated rings. The first-order valence-electron chi connectivity index (χ1n) is 8.04. The van der Waals surface area contributed by atoms with Gasteiger partial charge in [0.15, 0.2) is 5.78 Å². The molecule has 110 valence electrons. The molecular weight excluding hydrogens is 246 g/mol. The molecule has 0 spiro atoms. The van der Waals surface area contributed by atoms with Crippen LogP contribution in [0.15, 0.2) is 24.3 Å². The lowest BCUT2D eigenvalue weighted by Crippen LogP contribution is -2.40. The van der Waals surface area contributed by atoms with Crippen LogP contribution in [-0.2, 0) is 0 Å². The highest BCUT2D eigenvalue weighted by Crippen LogP contribution is 2.21. The smallest absolute Gasteiger partial charge is 0.164 e. The largest absolute Gasteiger partial charge is 0.300 e. The number of nitrogens with zero attached hydrogens (tertiary/aromatic N) is 1. The summed E-state index contributed by atoms with van der Waals surface area (Å²) < 4.78 is 0. The molecule has 2 rings (SSSR count). The van der Waals surface area contributed by atoms with Gasteiger partial charge in [0.2, 0.25) is 0 Å². The number of Topliss-reactive ketones (excluding diaryl/α,β-unsaturated/α-hetero) is 1. The summed E-state index contributed by atoms with van der Waals surface area (Å²) in [5, 5.41) is 0. The minimum absolute atomic E-state index is 0.283. The molecule has 2 heteroatoms. The average molecular weight is 273 g/mol. The Morgan fingerprint density at radius 3 is 2.70 bits per heavy atom. The van der Waals surface area contributed by atoms with Gasteiger partial charge in [0.05, 0.1) is 0 Å². The first-order valence-corrected chi connectivity index (χ1v) is 8.04. The third kappa shape index (κ3) is 4.17. The van der Waals surface area contributed by atoms with Gasteiger partial charge in [0, 0.05) is 24.6 Å². The maximum absolute atomic E-state index is 12.2. The second-order valence-corrected chi connectivity index (χ2v) is 6.01. The van der Waals surface area contributed by atoms with E-state index in [9.17, 15) is 4.79 Å². The van der Waals surface area contributed by atoms with Crippen molar-refractivity contribution in [3.63, 3.8) is 0 Å². The fourth-order valence-electron chi connectivity index (χ4n) is 3.14. The van der Waals surface area contributed by atoms with Crippen LogP contribution in [0.25, 0.3) is 0 Å². The van der Waals surface area contributed by atoms with Crippen molar-refractivity contribution in [2.45, 2.75) is 58.4 Å².